The molecule has 0 radical (unpaired) electrons. The van der Waals surface area contributed by atoms with Gasteiger partial charge in [-0.05, 0) is 0 Å². The lowest BCUT2D eigenvalue weighted by atomic mass is 10.4. The minimum absolute atomic E-state index is 0.396. The van der Waals surface area contributed by atoms with Crippen molar-refractivity contribution in [1.82, 2.24) is 24.7 Å². The number of aromatic nitrogens is 5. The molecule has 0 saturated heterocycles. The Kier molecular flexibility index (Phi) is 1.94. The minimum Gasteiger partial charge on any atom is -0.248 e. The molecule has 2 heterocycles. The van der Waals surface area contributed by atoms with Crippen molar-refractivity contribution in [3.8, 4) is 11.5 Å². The normalized spacial score (nSPS) is 10.3. The second-order valence-corrected chi connectivity index (χ2v) is 2.82. The average molecular weight is 196 g/mol. The lowest BCUT2D eigenvalue weighted by molar-refractivity contribution is 0.771. The topological polar surface area (TPSA) is 56.5 Å². The maximum Gasteiger partial charge on any atom is 0.176 e. The predicted octanol–water partition coefficient (Wildman–Crippen LogP) is 0.925. The smallest absolute Gasteiger partial charge is 0.176 e. The zero-order valence-corrected chi connectivity index (χ0v) is 7.60. The minimum atomic E-state index is 0.396. The highest BCUT2D eigenvalue weighted by atomic mass is 35.5. The summed E-state index contributed by atoms with van der Waals surface area (Å²) in [4.78, 5) is 11.8. The molecule has 0 aliphatic heterocycles. The van der Waals surface area contributed by atoms with E-state index in [-0.39, 0.29) is 0 Å². The Hall–Kier alpha value is -1.49. The molecule has 0 atom stereocenters. The summed E-state index contributed by atoms with van der Waals surface area (Å²) in [6.07, 6.45) is 2.86. The Balaban J connectivity index is 2.53. The van der Waals surface area contributed by atoms with Gasteiger partial charge >= 0.3 is 0 Å². The quantitative estimate of drug-likeness (QED) is 0.636. The third kappa shape index (κ3) is 1.50. The summed E-state index contributed by atoms with van der Waals surface area (Å²) in [7, 11) is 1.79. The zero-order valence-electron chi connectivity index (χ0n) is 6.85. The Labute approximate surface area is 79.4 Å². The fraction of sp³-hybridized carbons (Fsp3) is 0.143. The van der Waals surface area contributed by atoms with Gasteiger partial charge in [0.05, 0.1) is 0 Å². The first kappa shape index (κ1) is 8.12. The fourth-order valence-corrected chi connectivity index (χ4v) is 1.13. The van der Waals surface area contributed by atoms with Gasteiger partial charge in [0.1, 0.15) is 23.5 Å². The Morgan fingerprint density at radius 2 is 2.08 bits per heavy atom. The van der Waals surface area contributed by atoms with Crippen LogP contribution in [-0.4, -0.2) is 24.7 Å². The van der Waals surface area contributed by atoms with Crippen LogP contribution >= 0.6 is 11.6 Å². The lowest BCUT2D eigenvalue weighted by Gasteiger charge is -1.97. The third-order valence-corrected chi connectivity index (χ3v) is 1.78. The number of aryl methyl sites for hydroxylation is 1. The highest BCUT2D eigenvalue weighted by molar-refractivity contribution is 6.29. The van der Waals surface area contributed by atoms with Crippen LogP contribution in [0.15, 0.2) is 18.7 Å². The molecule has 0 fully saturated rings. The number of hydrogen-bond acceptors (Lipinski definition) is 4. The van der Waals surface area contributed by atoms with Gasteiger partial charge in [0.2, 0.25) is 0 Å². The van der Waals surface area contributed by atoms with Crippen LogP contribution in [0.5, 0.6) is 0 Å². The van der Waals surface area contributed by atoms with E-state index in [1.54, 1.807) is 17.8 Å². The number of rotatable bonds is 1. The summed E-state index contributed by atoms with van der Waals surface area (Å²) >= 11 is 5.71. The number of hydrogen-bond donors (Lipinski definition) is 0. The highest BCUT2D eigenvalue weighted by Crippen LogP contribution is 2.14. The van der Waals surface area contributed by atoms with Crippen LogP contribution in [0.4, 0.5) is 0 Å². The lowest BCUT2D eigenvalue weighted by Crippen LogP contribution is -1.96. The van der Waals surface area contributed by atoms with E-state index in [4.69, 9.17) is 11.6 Å². The average Bonchev–Trinajstić information content (AvgIpc) is 2.51. The van der Waals surface area contributed by atoms with Crippen LogP contribution in [-0.2, 0) is 7.05 Å². The number of halogens is 1. The van der Waals surface area contributed by atoms with Crippen LogP contribution in [0.3, 0.4) is 0 Å². The van der Waals surface area contributed by atoms with E-state index in [1.165, 1.54) is 12.7 Å². The Bertz CT molecular complexity index is 424. The predicted molar refractivity (Wildman–Crippen MR) is 47.0 cm³/mol. The van der Waals surface area contributed by atoms with Gasteiger partial charge in [0, 0.05) is 13.1 Å². The molecule has 66 valence electrons. The second-order valence-electron chi connectivity index (χ2n) is 2.43. The van der Waals surface area contributed by atoms with E-state index in [1.807, 2.05) is 0 Å². The SMILES string of the molecule is Cn1ncnc1-c1cc(Cl)ncn1. The van der Waals surface area contributed by atoms with E-state index in [0.29, 0.717) is 16.7 Å². The molecular weight excluding hydrogens is 190 g/mol. The van der Waals surface area contributed by atoms with Crippen molar-refractivity contribution in [3.05, 3.63) is 23.9 Å². The second kappa shape index (κ2) is 3.10. The summed E-state index contributed by atoms with van der Waals surface area (Å²) in [6, 6.07) is 1.64. The first-order valence-electron chi connectivity index (χ1n) is 3.59. The molecular formula is C7H6ClN5. The maximum atomic E-state index is 5.71. The van der Waals surface area contributed by atoms with E-state index in [0.717, 1.165) is 0 Å². The van der Waals surface area contributed by atoms with Crippen LogP contribution in [0, 0.1) is 0 Å². The van der Waals surface area contributed by atoms with Gasteiger partial charge < -0.3 is 0 Å². The number of nitrogens with zero attached hydrogens (tertiary/aromatic N) is 5. The van der Waals surface area contributed by atoms with Gasteiger partial charge in [-0.2, -0.15) is 5.10 Å². The Morgan fingerprint density at radius 3 is 2.69 bits per heavy atom. The monoisotopic (exact) mass is 195 g/mol. The van der Waals surface area contributed by atoms with Gasteiger partial charge in [0.15, 0.2) is 5.82 Å². The van der Waals surface area contributed by atoms with Gasteiger partial charge in [-0.25, -0.2) is 19.6 Å². The maximum absolute atomic E-state index is 5.71. The standard InChI is InChI=1S/C7H6ClN5/c1-13-7(11-4-12-13)5-2-6(8)10-3-9-5/h2-4H,1H3. The molecule has 0 spiro atoms. The molecule has 2 rings (SSSR count). The van der Waals surface area contributed by atoms with Crippen molar-refractivity contribution in [1.29, 1.82) is 0 Å². The summed E-state index contributed by atoms with van der Waals surface area (Å²) in [6.45, 7) is 0. The van der Waals surface area contributed by atoms with Crippen LogP contribution in [0.25, 0.3) is 11.5 Å². The van der Waals surface area contributed by atoms with Gasteiger partial charge in [-0.3, -0.25) is 0 Å². The van der Waals surface area contributed by atoms with Crippen molar-refractivity contribution in [2.75, 3.05) is 0 Å². The van der Waals surface area contributed by atoms with E-state index < -0.39 is 0 Å². The summed E-state index contributed by atoms with van der Waals surface area (Å²) < 4.78 is 1.62. The van der Waals surface area contributed by atoms with Crippen molar-refractivity contribution in [2.45, 2.75) is 0 Å². The summed E-state index contributed by atoms with van der Waals surface area (Å²) in [5, 5.41) is 4.32. The summed E-state index contributed by atoms with van der Waals surface area (Å²) in [5.74, 6) is 0.671. The molecule has 2 aromatic heterocycles. The largest absolute Gasteiger partial charge is 0.248 e. The third-order valence-electron chi connectivity index (χ3n) is 1.57. The molecule has 0 unspecified atom stereocenters. The van der Waals surface area contributed by atoms with E-state index >= 15 is 0 Å². The zero-order chi connectivity index (χ0) is 9.26. The van der Waals surface area contributed by atoms with Crippen molar-refractivity contribution < 1.29 is 0 Å². The highest BCUT2D eigenvalue weighted by Gasteiger charge is 2.05. The fourth-order valence-electron chi connectivity index (χ4n) is 0.984. The van der Waals surface area contributed by atoms with E-state index in [9.17, 15) is 0 Å². The molecule has 0 aliphatic carbocycles. The van der Waals surface area contributed by atoms with E-state index in [2.05, 4.69) is 20.1 Å². The first-order valence-corrected chi connectivity index (χ1v) is 3.97. The molecule has 5 nitrogen and oxygen atoms in total. The first-order chi connectivity index (χ1) is 6.27. The van der Waals surface area contributed by atoms with Crippen molar-refractivity contribution in [2.24, 2.45) is 7.05 Å². The molecule has 2 aromatic rings. The van der Waals surface area contributed by atoms with Crippen LogP contribution < -0.4 is 0 Å². The Morgan fingerprint density at radius 1 is 1.23 bits per heavy atom. The van der Waals surface area contributed by atoms with Crippen LogP contribution in [0.2, 0.25) is 5.15 Å². The van der Waals surface area contributed by atoms with Gasteiger partial charge in [-0.15, -0.1) is 0 Å². The van der Waals surface area contributed by atoms with Crippen molar-refractivity contribution in [3.63, 3.8) is 0 Å². The molecule has 6 heteroatoms. The van der Waals surface area contributed by atoms with Crippen molar-refractivity contribution >= 4 is 11.6 Å². The van der Waals surface area contributed by atoms with Gasteiger partial charge in [0.25, 0.3) is 0 Å². The molecule has 0 bridgehead atoms. The molecule has 0 saturated carbocycles. The van der Waals surface area contributed by atoms with Crippen LogP contribution in [0.1, 0.15) is 0 Å². The summed E-state index contributed by atoms with van der Waals surface area (Å²) in [5.41, 5.74) is 0.667. The molecule has 0 N–H and O–H groups in total. The molecule has 0 amide bonds. The molecule has 13 heavy (non-hydrogen) atoms. The molecule has 0 aliphatic rings. The molecule has 0 aromatic carbocycles. The van der Waals surface area contributed by atoms with Gasteiger partial charge in [-0.1, -0.05) is 11.6 Å².